The Kier molecular flexibility index (Phi) is 4.75. The van der Waals surface area contributed by atoms with Gasteiger partial charge in [-0.1, -0.05) is 42.5 Å². The van der Waals surface area contributed by atoms with E-state index in [1.165, 1.54) is 11.3 Å². The molecule has 1 heterocycles. The number of fused-ring (bicyclic) bond motifs is 1. The lowest BCUT2D eigenvalue weighted by molar-refractivity contribution is 0.0991. The van der Waals surface area contributed by atoms with Crippen LogP contribution in [0.3, 0.4) is 0 Å². The van der Waals surface area contributed by atoms with Gasteiger partial charge in [0.05, 0.1) is 10.2 Å². The molecule has 0 bridgehead atoms. The van der Waals surface area contributed by atoms with E-state index in [-0.39, 0.29) is 12.4 Å². The number of thiazole rings is 1. The zero-order valence-electron chi connectivity index (χ0n) is 14.5. The van der Waals surface area contributed by atoms with Crippen molar-refractivity contribution in [2.45, 2.75) is 6.61 Å². The molecule has 4 aromatic rings. The molecular weight excluding hydrogens is 382 g/mol. The predicted molar refractivity (Wildman–Crippen MR) is 104 cm³/mol. The van der Waals surface area contributed by atoms with Gasteiger partial charge in [0, 0.05) is 5.56 Å². The molecule has 4 rings (SSSR count). The average molecular weight is 396 g/mol. The summed E-state index contributed by atoms with van der Waals surface area (Å²) >= 11 is 1.42. The quantitative estimate of drug-likeness (QED) is 0.521. The highest BCUT2D eigenvalue weighted by Gasteiger charge is 2.19. The summed E-state index contributed by atoms with van der Waals surface area (Å²) in [4.78, 5) is 15.8. The average Bonchev–Trinajstić information content (AvgIpc) is 3.11. The summed E-state index contributed by atoms with van der Waals surface area (Å²) in [6.45, 7) is -0.0195. The number of aromatic nitrogens is 1. The summed E-state index contributed by atoms with van der Waals surface area (Å²) in [5.74, 6) is -3.57. The largest absolute Gasteiger partial charge is 0.483 e. The van der Waals surface area contributed by atoms with Crippen molar-refractivity contribution in [2.24, 2.45) is 5.73 Å². The van der Waals surface area contributed by atoms with Crippen LogP contribution in [0.4, 0.5) is 8.78 Å². The molecule has 0 fully saturated rings. The lowest BCUT2D eigenvalue weighted by atomic mass is 10.1. The number of para-hydroxylation sites is 1. The van der Waals surface area contributed by atoms with Crippen LogP contribution in [0.1, 0.15) is 15.4 Å². The van der Waals surface area contributed by atoms with Crippen LogP contribution in [0, 0.1) is 11.6 Å². The number of carbonyl (C=O) groups is 1. The van der Waals surface area contributed by atoms with Crippen molar-refractivity contribution in [2.75, 3.05) is 0 Å². The number of nitrogens with zero attached hydrogens (tertiary/aromatic N) is 1. The van der Waals surface area contributed by atoms with Gasteiger partial charge in [-0.3, -0.25) is 4.79 Å². The Hall–Kier alpha value is -3.32. The number of hydrogen-bond acceptors (Lipinski definition) is 4. The highest BCUT2D eigenvalue weighted by Crippen LogP contribution is 2.32. The van der Waals surface area contributed by atoms with Gasteiger partial charge in [0.2, 0.25) is 0 Å². The monoisotopic (exact) mass is 396 g/mol. The third-order valence-corrected chi connectivity index (χ3v) is 5.20. The molecule has 1 aromatic heterocycles. The molecule has 0 atom stereocenters. The molecule has 2 N–H and O–H groups in total. The maximum Gasteiger partial charge on any atom is 0.254 e. The molecule has 0 saturated carbocycles. The van der Waals surface area contributed by atoms with E-state index in [2.05, 4.69) is 4.98 Å². The van der Waals surface area contributed by atoms with Gasteiger partial charge >= 0.3 is 0 Å². The Labute approximate surface area is 163 Å². The summed E-state index contributed by atoms with van der Waals surface area (Å²) in [6.07, 6.45) is 0. The summed E-state index contributed by atoms with van der Waals surface area (Å²) in [6, 6.07) is 17.8. The second-order valence-corrected chi connectivity index (χ2v) is 7.13. The van der Waals surface area contributed by atoms with Crippen LogP contribution in [0.15, 0.2) is 60.7 Å². The number of rotatable bonds is 5. The lowest BCUT2D eigenvalue weighted by Crippen LogP contribution is -2.16. The van der Waals surface area contributed by atoms with Crippen LogP contribution in [-0.4, -0.2) is 10.9 Å². The summed E-state index contributed by atoms with van der Waals surface area (Å²) < 4.78 is 34.3. The molecule has 140 valence electrons. The van der Waals surface area contributed by atoms with Gasteiger partial charge in [0.25, 0.3) is 5.91 Å². The first-order chi connectivity index (χ1) is 13.5. The number of primary amides is 1. The van der Waals surface area contributed by atoms with Crippen LogP contribution in [0.5, 0.6) is 5.75 Å². The second-order valence-electron chi connectivity index (χ2n) is 6.01. The third-order valence-electron chi connectivity index (χ3n) is 4.20. The van der Waals surface area contributed by atoms with Crippen LogP contribution in [0.25, 0.3) is 21.3 Å². The fraction of sp³-hybridized carbons (Fsp3) is 0.0476. The molecule has 0 unspecified atom stereocenters. The number of ether oxygens (including phenoxy) is 1. The minimum absolute atomic E-state index is 0.0195. The fourth-order valence-corrected chi connectivity index (χ4v) is 3.82. The number of benzene rings is 3. The van der Waals surface area contributed by atoms with Crippen molar-refractivity contribution in [3.05, 3.63) is 82.9 Å². The van der Waals surface area contributed by atoms with Crippen LogP contribution in [-0.2, 0) is 6.61 Å². The molecule has 0 radical (unpaired) electrons. The molecule has 7 heteroatoms. The maximum atomic E-state index is 14.3. The highest BCUT2D eigenvalue weighted by molar-refractivity contribution is 7.18. The van der Waals surface area contributed by atoms with Crippen LogP contribution >= 0.6 is 11.3 Å². The van der Waals surface area contributed by atoms with Gasteiger partial charge in [-0.05, 0) is 23.8 Å². The van der Waals surface area contributed by atoms with Gasteiger partial charge in [-0.2, -0.15) is 0 Å². The summed E-state index contributed by atoms with van der Waals surface area (Å²) in [7, 11) is 0. The minimum atomic E-state index is -1.19. The minimum Gasteiger partial charge on any atom is -0.483 e. The fourth-order valence-electron chi connectivity index (χ4n) is 2.92. The van der Waals surface area contributed by atoms with E-state index in [9.17, 15) is 13.6 Å². The van der Waals surface area contributed by atoms with E-state index >= 15 is 0 Å². The molecule has 0 saturated heterocycles. The smallest absolute Gasteiger partial charge is 0.254 e. The van der Waals surface area contributed by atoms with Crippen molar-refractivity contribution < 1.29 is 18.3 Å². The first-order valence-electron chi connectivity index (χ1n) is 8.39. The maximum absolute atomic E-state index is 14.3. The standard InChI is InChI=1S/C21H14F2N2O2S/c22-14-9-10-15(19(23)18(14)21(24)26)27-11-17-25-20-13(7-4-8-16(20)28-17)12-5-2-1-3-6-12/h1-10H,11H2,(H2,24,26). The van der Waals surface area contributed by atoms with Crippen molar-refractivity contribution in [3.8, 4) is 16.9 Å². The normalized spacial score (nSPS) is 10.9. The summed E-state index contributed by atoms with van der Waals surface area (Å²) in [5, 5.41) is 0.628. The molecule has 28 heavy (non-hydrogen) atoms. The van der Waals surface area contributed by atoms with E-state index in [0.717, 1.165) is 33.5 Å². The van der Waals surface area contributed by atoms with Gasteiger partial charge in [-0.15, -0.1) is 11.3 Å². The second kappa shape index (κ2) is 7.36. The SMILES string of the molecule is NC(=O)c1c(F)ccc(OCc2nc3c(-c4ccccc4)cccc3s2)c1F. The van der Waals surface area contributed by atoms with Crippen molar-refractivity contribution >= 4 is 27.5 Å². The third kappa shape index (κ3) is 3.32. The number of nitrogens with two attached hydrogens (primary N) is 1. The molecule has 3 aromatic carbocycles. The molecule has 4 nitrogen and oxygen atoms in total. The number of halogens is 2. The molecular formula is C21H14F2N2O2S. The van der Waals surface area contributed by atoms with Crippen molar-refractivity contribution in [1.82, 2.24) is 4.98 Å². The Bertz CT molecular complexity index is 1180. The molecule has 1 amide bonds. The molecule has 0 aliphatic rings. The summed E-state index contributed by atoms with van der Waals surface area (Å²) in [5.41, 5.74) is 7.08. The molecule has 0 aliphatic heterocycles. The van der Waals surface area contributed by atoms with E-state index < -0.39 is 23.1 Å². The number of carbonyl (C=O) groups excluding carboxylic acids is 1. The van der Waals surface area contributed by atoms with E-state index in [4.69, 9.17) is 10.5 Å². The Morgan fingerprint density at radius 2 is 1.82 bits per heavy atom. The van der Waals surface area contributed by atoms with Gasteiger partial charge in [0.15, 0.2) is 11.6 Å². The Morgan fingerprint density at radius 1 is 1.04 bits per heavy atom. The van der Waals surface area contributed by atoms with E-state index in [1.54, 1.807) is 0 Å². The Morgan fingerprint density at radius 3 is 2.57 bits per heavy atom. The first-order valence-corrected chi connectivity index (χ1v) is 9.20. The van der Waals surface area contributed by atoms with Crippen molar-refractivity contribution in [1.29, 1.82) is 0 Å². The first kappa shape index (κ1) is 18.1. The predicted octanol–water partition coefficient (Wildman–Crippen LogP) is 4.92. The molecule has 0 spiro atoms. The Balaban J connectivity index is 1.64. The lowest BCUT2D eigenvalue weighted by Gasteiger charge is -2.08. The van der Waals surface area contributed by atoms with E-state index in [1.807, 2.05) is 48.5 Å². The highest BCUT2D eigenvalue weighted by atomic mass is 32.1. The van der Waals surface area contributed by atoms with Crippen LogP contribution < -0.4 is 10.5 Å². The van der Waals surface area contributed by atoms with Gasteiger partial charge in [-0.25, -0.2) is 13.8 Å². The van der Waals surface area contributed by atoms with E-state index in [0.29, 0.717) is 5.01 Å². The number of amides is 1. The van der Waals surface area contributed by atoms with Gasteiger partial charge in [0.1, 0.15) is 23.0 Å². The zero-order chi connectivity index (χ0) is 19.7. The van der Waals surface area contributed by atoms with Crippen molar-refractivity contribution in [3.63, 3.8) is 0 Å². The van der Waals surface area contributed by atoms with Crippen LogP contribution in [0.2, 0.25) is 0 Å². The van der Waals surface area contributed by atoms with Gasteiger partial charge < -0.3 is 10.5 Å². The zero-order valence-corrected chi connectivity index (χ0v) is 15.3. The topological polar surface area (TPSA) is 65.2 Å². The number of hydrogen-bond donors (Lipinski definition) is 1. The molecule has 0 aliphatic carbocycles.